The van der Waals surface area contributed by atoms with Gasteiger partial charge in [0.1, 0.15) is 5.54 Å². The Labute approximate surface area is 127 Å². The molecule has 0 saturated carbocycles. The topological polar surface area (TPSA) is 54.5 Å². The van der Waals surface area contributed by atoms with E-state index in [1.165, 1.54) is 7.11 Å². The molecule has 21 heavy (non-hydrogen) atoms. The molecule has 1 aromatic heterocycles. The Balaban J connectivity index is 2.42. The maximum absolute atomic E-state index is 11.9. The highest BCUT2D eigenvalue weighted by atomic mass is 16.5. The van der Waals surface area contributed by atoms with Gasteiger partial charge in [-0.2, -0.15) is 0 Å². The molecule has 1 aromatic rings. The molecule has 0 aliphatic carbocycles. The molecule has 1 atom stereocenters. The van der Waals surface area contributed by atoms with Crippen LogP contribution in [0.3, 0.4) is 0 Å². The van der Waals surface area contributed by atoms with Gasteiger partial charge in [0.15, 0.2) is 0 Å². The van der Waals surface area contributed by atoms with E-state index in [2.05, 4.69) is 22.2 Å². The minimum Gasteiger partial charge on any atom is -0.468 e. The first-order chi connectivity index (χ1) is 10.0. The van der Waals surface area contributed by atoms with Gasteiger partial charge in [-0.1, -0.05) is 13.0 Å². The van der Waals surface area contributed by atoms with Crippen molar-refractivity contribution in [3.05, 3.63) is 30.1 Å². The molecule has 1 unspecified atom stereocenters. The van der Waals surface area contributed by atoms with Gasteiger partial charge in [-0.3, -0.25) is 9.78 Å². The van der Waals surface area contributed by atoms with E-state index >= 15 is 0 Å². The molecular formula is C16H27N3O2. The van der Waals surface area contributed by atoms with Crippen LogP contribution in [0.5, 0.6) is 0 Å². The summed E-state index contributed by atoms with van der Waals surface area (Å²) in [6.45, 7) is 6.37. The lowest BCUT2D eigenvalue weighted by Gasteiger charge is -2.29. The second-order valence-electron chi connectivity index (χ2n) is 5.48. The van der Waals surface area contributed by atoms with Crippen LogP contribution in [0.4, 0.5) is 0 Å². The number of esters is 1. The Bertz CT molecular complexity index is 425. The number of rotatable bonds is 9. The maximum Gasteiger partial charge on any atom is 0.325 e. The number of methoxy groups -OCH3 is 1. The van der Waals surface area contributed by atoms with Crippen LogP contribution in [0, 0.1) is 0 Å². The van der Waals surface area contributed by atoms with E-state index in [4.69, 9.17) is 4.74 Å². The van der Waals surface area contributed by atoms with E-state index in [-0.39, 0.29) is 5.97 Å². The summed E-state index contributed by atoms with van der Waals surface area (Å²) in [6, 6.07) is 5.96. The fraction of sp³-hybridized carbons (Fsp3) is 0.625. The summed E-state index contributed by atoms with van der Waals surface area (Å²) in [5.74, 6) is -0.206. The number of pyridine rings is 1. The first-order valence-electron chi connectivity index (χ1n) is 7.43. The molecule has 5 nitrogen and oxygen atoms in total. The number of likely N-dealkylation sites (N-methyl/N-ethyl adjacent to an activating group) is 2. The molecule has 0 amide bonds. The average Bonchev–Trinajstić information content (AvgIpc) is 2.51. The lowest BCUT2D eigenvalue weighted by atomic mass is 9.97. The van der Waals surface area contributed by atoms with Gasteiger partial charge >= 0.3 is 5.97 Å². The molecule has 0 bridgehead atoms. The van der Waals surface area contributed by atoms with E-state index in [1.54, 1.807) is 0 Å². The number of nitrogens with zero attached hydrogens (tertiary/aromatic N) is 2. The van der Waals surface area contributed by atoms with Crippen LogP contribution >= 0.6 is 0 Å². The van der Waals surface area contributed by atoms with E-state index < -0.39 is 5.54 Å². The largest absolute Gasteiger partial charge is 0.468 e. The van der Waals surface area contributed by atoms with Crippen molar-refractivity contribution in [1.82, 2.24) is 15.2 Å². The molecular weight excluding hydrogens is 266 g/mol. The third-order valence-corrected chi connectivity index (χ3v) is 3.67. The summed E-state index contributed by atoms with van der Waals surface area (Å²) < 4.78 is 4.90. The Morgan fingerprint density at radius 3 is 2.76 bits per heavy atom. The van der Waals surface area contributed by atoms with Gasteiger partial charge in [0.25, 0.3) is 0 Å². The van der Waals surface area contributed by atoms with Crippen LogP contribution in [0.15, 0.2) is 24.4 Å². The van der Waals surface area contributed by atoms with Crippen LogP contribution in [0.25, 0.3) is 0 Å². The van der Waals surface area contributed by atoms with Crippen LogP contribution in [-0.4, -0.2) is 55.2 Å². The van der Waals surface area contributed by atoms with Crippen molar-refractivity contribution in [3.8, 4) is 0 Å². The van der Waals surface area contributed by atoms with E-state index in [9.17, 15) is 4.79 Å². The summed E-state index contributed by atoms with van der Waals surface area (Å²) in [4.78, 5) is 18.4. The molecule has 1 N–H and O–H groups in total. The molecule has 0 aromatic carbocycles. The number of aromatic nitrogens is 1. The summed E-state index contributed by atoms with van der Waals surface area (Å²) in [5.41, 5.74) is 0.467. The van der Waals surface area contributed by atoms with Crippen molar-refractivity contribution in [2.24, 2.45) is 0 Å². The summed E-state index contributed by atoms with van der Waals surface area (Å²) in [6.07, 6.45) is 3.44. The SMILES string of the molecule is CCNC(C)(CCN(C)CCc1ccccn1)C(=O)OC. The van der Waals surface area contributed by atoms with Crippen molar-refractivity contribution >= 4 is 5.97 Å². The van der Waals surface area contributed by atoms with Crippen LogP contribution in [0.1, 0.15) is 26.0 Å². The van der Waals surface area contributed by atoms with Crippen molar-refractivity contribution in [2.75, 3.05) is 33.8 Å². The van der Waals surface area contributed by atoms with Crippen molar-refractivity contribution < 1.29 is 9.53 Å². The third-order valence-electron chi connectivity index (χ3n) is 3.67. The van der Waals surface area contributed by atoms with Crippen LogP contribution in [0.2, 0.25) is 0 Å². The molecule has 1 heterocycles. The van der Waals surface area contributed by atoms with Crippen molar-refractivity contribution in [1.29, 1.82) is 0 Å². The number of carbonyl (C=O) groups excluding carboxylic acids is 1. The first-order valence-corrected chi connectivity index (χ1v) is 7.43. The number of hydrogen-bond donors (Lipinski definition) is 1. The fourth-order valence-electron chi connectivity index (χ4n) is 2.26. The molecule has 0 saturated heterocycles. The van der Waals surface area contributed by atoms with Crippen molar-refractivity contribution in [2.45, 2.75) is 32.2 Å². The predicted octanol–water partition coefficient (Wildman–Crippen LogP) is 1.49. The lowest BCUT2D eigenvalue weighted by molar-refractivity contribution is -0.148. The second-order valence-corrected chi connectivity index (χ2v) is 5.48. The monoisotopic (exact) mass is 293 g/mol. The zero-order valence-corrected chi connectivity index (χ0v) is 13.6. The van der Waals surface area contributed by atoms with Crippen LogP contribution in [-0.2, 0) is 16.0 Å². The highest BCUT2D eigenvalue weighted by Gasteiger charge is 2.33. The van der Waals surface area contributed by atoms with Crippen LogP contribution < -0.4 is 5.32 Å². The number of ether oxygens (including phenoxy) is 1. The fourth-order valence-corrected chi connectivity index (χ4v) is 2.26. The molecule has 0 aliphatic heterocycles. The normalized spacial score (nSPS) is 14.0. The molecule has 118 valence electrons. The van der Waals surface area contributed by atoms with E-state index in [1.807, 2.05) is 38.2 Å². The Kier molecular flexibility index (Phi) is 7.32. The Morgan fingerprint density at radius 2 is 2.19 bits per heavy atom. The maximum atomic E-state index is 11.9. The minimum absolute atomic E-state index is 0.206. The standard InChI is InChI=1S/C16H27N3O2/c1-5-18-16(2,15(20)21-4)10-13-19(3)12-9-14-8-6-7-11-17-14/h6-8,11,18H,5,9-10,12-13H2,1-4H3. The molecule has 0 spiro atoms. The van der Waals surface area contributed by atoms with Gasteiger partial charge in [0.2, 0.25) is 0 Å². The Morgan fingerprint density at radius 1 is 1.43 bits per heavy atom. The average molecular weight is 293 g/mol. The van der Waals surface area contributed by atoms with E-state index in [0.29, 0.717) is 6.42 Å². The molecule has 0 radical (unpaired) electrons. The zero-order chi connectivity index (χ0) is 15.7. The molecule has 1 rings (SSSR count). The smallest absolute Gasteiger partial charge is 0.325 e. The number of nitrogens with one attached hydrogen (secondary N) is 1. The minimum atomic E-state index is -0.622. The Hall–Kier alpha value is -1.46. The highest BCUT2D eigenvalue weighted by Crippen LogP contribution is 2.12. The summed E-state index contributed by atoms with van der Waals surface area (Å²) in [7, 11) is 3.50. The van der Waals surface area contributed by atoms with Gasteiger partial charge in [0, 0.05) is 31.4 Å². The van der Waals surface area contributed by atoms with Gasteiger partial charge in [-0.15, -0.1) is 0 Å². The molecule has 5 heteroatoms. The van der Waals surface area contributed by atoms with Gasteiger partial charge < -0.3 is 15.0 Å². The van der Waals surface area contributed by atoms with Gasteiger partial charge in [0.05, 0.1) is 7.11 Å². The zero-order valence-electron chi connectivity index (χ0n) is 13.6. The quantitative estimate of drug-likeness (QED) is 0.699. The summed E-state index contributed by atoms with van der Waals surface area (Å²) in [5, 5.41) is 3.23. The second kappa shape index (κ2) is 8.74. The number of hydrogen-bond acceptors (Lipinski definition) is 5. The first kappa shape index (κ1) is 17.6. The third kappa shape index (κ3) is 5.81. The van der Waals surface area contributed by atoms with Gasteiger partial charge in [-0.05, 0) is 39.1 Å². The van der Waals surface area contributed by atoms with E-state index in [0.717, 1.165) is 31.7 Å². The summed E-state index contributed by atoms with van der Waals surface area (Å²) >= 11 is 0. The number of carbonyl (C=O) groups is 1. The molecule has 0 aliphatic rings. The lowest BCUT2D eigenvalue weighted by Crippen LogP contribution is -2.51. The predicted molar refractivity (Wildman–Crippen MR) is 84.2 cm³/mol. The van der Waals surface area contributed by atoms with Gasteiger partial charge in [-0.25, -0.2) is 0 Å². The highest BCUT2D eigenvalue weighted by molar-refractivity contribution is 5.80. The van der Waals surface area contributed by atoms with Crippen molar-refractivity contribution in [3.63, 3.8) is 0 Å². The molecule has 0 fully saturated rings.